The predicted octanol–water partition coefficient (Wildman–Crippen LogP) is 1.27. The molecule has 0 radical (unpaired) electrons. The molecule has 0 bridgehead atoms. The molecule has 0 unspecified atom stereocenters. The van der Waals surface area contributed by atoms with Crippen LogP contribution < -0.4 is 10.1 Å². The van der Waals surface area contributed by atoms with Gasteiger partial charge in [-0.05, 0) is 12.1 Å². The number of nitrogens with zero attached hydrogens (tertiary/aromatic N) is 1. The standard InChI is InChI=1S/C13H14N2O3/c1-9(16)14-8-13(17)11-4-6-15-5-3-10(18-2)7-12(11)15/h3-7H,8H2,1-2H3,(H,14,16). The molecule has 0 saturated heterocycles. The number of ether oxygens (including phenoxy) is 1. The van der Waals surface area contributed by atoms with Crippen molar-refractivity contribution in [3.63, 3.8) is 0 Å². The monoisotopic (exact) mass is 246 g/mol. The number of methoxy groups -OCH3 is 1. The van der Waals surface area contributed by atoms with E-state index in [2.05, 4.69) is 5.32 Å². The Morgan fingerprint density at radius 1 is 1.33 bits per heavy atom. The number of amides is 1. The molecule has 0 saturated carbocycles. The molecule has 5 nitrogen and oxygen atoms in total. The van der Waals surface area contributed by atoms with Gasteiger partial charge in [0.2, 0.25) is 5.91 Å². The smallest absolute Gasteiger partial charge is 0.217 e. The van der Waals surface area contributed by atoms with Crippen molar-refractivity contribution in [2.75, 3.05) is 13.7 Å². The lowest BCUT2D eigenvalue weighted by Gasteiger charge is -2.03. The maximum atomic E-state index is 12.0. The van der Waals surface area contributed by atoms with E-state index in [1.54, 1.807) is 25.4 Å². The zero-order chi connectivity index (χ0) is 13.1. The molecule has 94 valence electrons. The number of rotatable bonds is 4. The highest BCUT2D eigenvalue weighted by Gasteiger charge is 2.12. The van der Waals surface area contributed by atoms with Gasteiger partial charge in [0.15, 0.2) is 5.78 Å². The van der Waals surface area contributed by atoms with Gasteiger partial charge in [0.25, 0.3) is 0 Å². The molecule has 1 amide bonds. The summed E-state index contributed by atoms with van der Waals surface area (Å²) < 4.78 is 6.97. The predicted molar refractivity (Wildman–Crippen MR) is 67.0 cm³/mol. The molecular weight excluding hydrogens is 232 g/mol. The molecule has 5 heteroatoms. The van der Waals surface area contributed by atoms with Crippen molar-refractivity contribution in [3.8, 4) is 5.75 Å². The average molecular weight is 246 g/mol. The first-order valence-electron chi connectivity index (χ1n) is 5.54. The third-order valence-corrected chi connectivity index (χ3v) is 2.67. The second kappa shape index (κ2) is 4.91. The van der Waals surface area contributed by atoms with Crippen molar-refractivity contribution in [2.45, 2.75) is 6.92 Å². The van der Waals surface area contributed by atoms with Crippen LogP contribution in [0.25, 0.3) is 5.52 Å². The van der Waals surface area contributed by atoms with Crippen molar-refractivity contribution >= 4 is 17.2 Å². The molecule has 0 spiro atoms. The minimum Gasteiger partial charge on any atom is -0.497 e. The topological polar surface area (TPSA) is 59.8 Å². The summed E-state index contributed by atoms with van der Waals surface area (Å²) in [6.45, 7) is 1.39. The minimum absolute atomic E-state index is 0.00617. The van der Waals surface area contributed by atoms with Crippen molar-refractivity contribution < 1.29 is 14.3 Å². The number of pyridine rings is 1. The molecule has 0 aliphatic carbocycles. The lowest BCUT2D eigenvalue weighted by Crippen LogP contribution is -2.27. The Morgan fingerprint density at radius 3 is 2.72 bits per heavy atom. The molecular formula is C13H14N2O3. The molecule has 0 aliphatic heterocycles. The second-order valence-corrected chi connectivity index (χ2v) is 3.92. The van der Waals surface area contributed by atoms with E-state index in [4.69, 9.17) is 4.74 Å². The van der Waals surface area contributed by atoms with E-state index in [0.717, 1.165) is 5.52 Å². The molecule has 1 N–H and O–H groups in total. The van der Waals surface area contributed by atoms with Crippen LogP contribution >= 0.6 is 0 Å². The number of carbonyl (C=O) groups excluding carboxylic acids is 2. The van der Waals surface area contributed by atoms with E-state index in [-0.39, 0.29) is 18.2 Å². The van der Waals surface area contributed by atoms with E-state index in [0.29, 0.717) is 11.3 Å². The van der Waals surface area contributed by atoms with Gasteiger partial charge in [0.1, 0.15) is 5.75 Å². The van der Waals surface area contributed by atoms with Gasteiger partial charge in [-0.25, -0.2) is 0 Å². The minimum atomic E-state index is -0.218. The Morgan fingerprint density at radius 2 is 2.06 bits per heavy atom. The SMILES string of the molecule is COc1ccn2ccc(C(=O)CNC(C)=O)c2c1. The molecule has 2 aromatic heterocycles. The van der Waals surface area contributed by atoms with Crippen LogP contribution in [0.2, 0.25) is 0 Å². The van der Waals surface area contributed by atoms with Crippen LogP contribution in [-0.2, 0) is 4.79 Å². The molecule has 2 heterocycles. The van der Waals surface area contributed by atoms with Crippen LogP contribution in [0.5, 0.6) is 5.75 Å². The third-order valence-electron chi connectivity index (χ3n) is 2.67. The Labute approximate surface area is 104 Å². The first kappa shape index (κ1) is 12.2. The number of nitrogens with one attached hydrogen (secondary N) is 1. The first-order valence-corrected chi connectivity index (χ1v) is 5.54. The fourth-order valence-electron chi connectivity index (χ4n) is 1.74. The van der Waals surface area contributed by atoms with Gasteiger partial charge in [0.05, 0.1) is 19.2 Å². The number of hydrogen-bond acceptors (Lipinski definition) is 3. The Kier molecular flexibility index (Phi) is 3.32. The van der Waals surface area contributed by atoms with Crippen LogP contribution in [0.1, 0.15) is 17.3 Å². The summed E-state index contributed by atoms with van der Waals surface area (Å²) in [6, 6.07) is 5.34. The number of Topliss-reactive ketones (excluding diaryl/α,β-unsaturated/α-hetero) is 1. The number of carbonyl (C=O) groups is 2. The van der Waals surface area contributed by atoms with Gasteiger partial charge < -0.3 is 14.5 Å². The highest BCUT2D eigenvalue weighted by molar-refractivity contribution is 6.05. The Hall–Kier alpha value is -2.30. The quantitative estimate of drug-likeness (QED) is 0.826. The van der Waals surface area contributed by atoms with Crippen LogP contribution in [0.4, 0.5) is 0 Å². The van der Waals surface area contributed by atoms with Gasteiger partial charge in [-0.2, -0.15) is 0 Å². The highest BCUT2D eigenvalue weighted by Crippen LogP contribution is 2.19. The lowest BCUT2D eigenvalue weighted by atomic mass is 10.1. The van der Waals surface area contributed by atoms with Crippen molar-refractivity contribution in [1.29, 1.82) is 0 Å². The van der Waals surface area contributed by atoms with E-state index in [1.807, 2.05) is 16.7 Å². The number of fused-ring (bicyclic) bond motifs is 1. The third kappa shape index (κ3) is 2.34. The van der Waals surface area contributed by atoms with E-state index >= 15 is 0 Å². The van der Waals surface area contributed by atoms with Gasteiger partial charge >= 0.3 is 0 Å². The van der Waals surface area contributed by atoms with Crippen molar-refractivity contribution in [3.05, 3.63) is 36.2 Å². The normalized spacial score (nSPS) is 10.3. The largest absolute Gasteiger partial charge is 0.497 e. The zero-order valence-corrected chi connectivity index (χ0v) is 10.3. The van der Waals surface area contributed by atoms with Crippen molar-refractivity contribution in [1.82, 2.24) is 9.72 Å². The Bertz CT molecular complexity index is 601. The first-order chi connectivity index (χ1) is 8.61. The molecule has 0 aliphatic rings. The van der Waals surface area contributed by atoms with Crippen LogP contribution in [0.3, 0.4) is 0 Å². The second-order valence-electron chi connectivity index (χ2n) is 3.92. The maximum Gasteiger partial charge on any atom is 0.217 e. The maximum absolute atomic E-state index is 12.0. The van der Waals surface area contributed by atoms with Gasteiger partial charge in [-0.3, -0.25) is 9.59 Å². The molecule has 0 aromatic carbocycles. The summed E-state index contributed by atoms with van der Waals surface area (Å²) in [4.78, 5) is 22.7. The molecule has 18 heavy (non-hydrogen) atoms. The summed E-state index contributed by atoms with van der Waals surface area (Å²) in [5, 5.41) is 2.50. The van der Waals surface area contributed by atoms with Gasteiger partial charge in [-0.15, -0.1) is 0 Å². The van der Waals surface area contributed by atoms with E-state index in [9.17, 15) is 9.59 Å². The molecule has 0 atom stereocenters. The number of hydrogen-bond donors (Lipinski definition) is 1. The summed E-state index contributed by atoms with van der Waals surface area (Å²) in [5.41, 5.74) is 1.34. The van der Waals surface area contributed by atoms with Crippen LogP contribution in [0.15, 0.2) is 30.6 Å². The van der Waals surface area contributed by atoms with Gasteiger partial charge in [0, 0.05) is 30.9 Å². The van der Waals surface area contributed by atoms with E-state index in [1.165, 1.54) is 6.92 Å². The fraction of sp³-hybridized carbons (Fsp3) is 0.231. The highest BCUT2D eigenvalue weighted by atomic mass is 16.5. The number of ketones is 1. The lowest BCUT2D eigenvalue weighted by molar-refractivity contribution is -0.118. The zero-order valence-electron chi connectivity index (χ0n) is 10.3. The number of aromatic nitrogens is 1. The summed E-state index contributed by atoms with van der Waals surface area (Å²) in [5.74, 6) is 0.347. The molecule has 0 fully saturated rings. The molecule has 2 rings (SSSR count). The van der Waals surface area contributed by atoms with Crippen LogP contribution in [-0.4, -0.2) is 29.7 Å². The molecule has 2 aromatic rings. The van der Waals surface area contributed by atoms with Gasteiger partial charge in [-0.1, -0.05) is 0 Å². The van der Waals surface area contributed by atoms with Crippen molar-refractivity contribution in [2.24, 2.45) is 0 Å². The Balaban J connectivity index is 2.32. The summed E-state index contributed by atoms with van der Waals surface area (Å²) in [6.07, 6.45) is 3.62. The summed E-state index contributed by atoms with van der Waals surface area (Å²) in [7, 11) is 1.58. The summed E-state index contributed by atoms with van der Waals surface area (Å²) >= 11 is 0. The van der Waals surface area contributed by atoms with Crippen LogP contribution in [0, 0.1) is 0 Å². The van der Waals surface area contributed by atoms with E-state index < -0.39 is 0 Å². The fourth-order valence-corrected chi connectivity index (χ4v) is 1.74. The average Bonchev–Trinajstić information content (AvgIpc) is 2.78.